The van der Waals surface area contributed by atoms with Crippen LogP contribution in [-0.2, 0) is 26.7 Å². The highest BCUT2D eigenvalue weighted by atomic mass is 32.2. The highest BCUT2D eigenvalue weighted by Gasteiger charge is 2.43. The Balaban J connectivity index is 1.64. The van der Waals surface area contributed by atoms with Crippen LogP contribution in [0.3, 0.4) is 0 Å². The molecule has 1 saturated carbocycles. The number of amides is 1. The van der Waals surface area contributed by atoms with Crippen LogP contribution in [0.2, 0.25) is 0 Å². The monoisotopic (exact) mass is 416 g/mol. The molecule has 1 unspecified atom stereocenters. The fourth-order valence-electron chi connectivity index (χ4n) is 4.33. The molecule has 0 spiro atoms. The number of carbonyl (C=O) groups is 1. The Bertz CT molecular complexity index is 1030. The fourth-order valence-corrected chi connectivity index (χ4v) is 5.66. The van der Waals surface area contributed by atoms with Gasteiger partial charge in [-0.25, -0.2) is 17.5 Å². The predicted octanol–water partition coefficient (Wildman–Crippen LogP) is 3.89. The van der Waals surface area contributed by atoms with Crippen molar-refractivity contribution in [1.29, 1.82) is 0 Å². The summed E-state index contributed by atoms with van der Waals surface area (Å²) in [7, 11) is -3.67. The molecule has 29 heavy (non-hydrogen) atoms. The van der Waals surface area contributed by atoms with E-state index in [0.717, 1.165) is 37.7 Å². The standard InChI is InChI=1S/C22H25FN2O3S/c1-22(14-15-7-9-16(23)10-8-15)19-13-18(11-12-20(19)24-21(22)26)29(27,28)25-17-5-3-2-4-6-17/h7-13,17,25H,2-6,14H2,1H3,(H,24,26). The third-order valence-electron chi connectivity index (χ3n) is 6.04. The van der Waals surface area contributed by atoms with E-state index in [9.17, 15) is 17.6 Å². The minimum atomic E-state index is -3.67. The van der Waals surface area contributed by atoms with Crippen LogP contribution in [-0.4, -0.2) is 20.4 Å². The molecule has 154 valence electrons. The summed E-state index contributed by atoms with van der Waals surface area (Å²) in [6.07, 6.45) is 5.27. The summed E-state index contributed by atoms with van der Waals surface area (Å²) in [4.78, 5) is 12.9. The van der Waals surface area contributed by atoms with Gasteiger partial charge in [0.1, 0.15) is 5.82 Å². The van der Waals surface area contributed by atoms with E-state index in [1.807, 2.05) is 0 Å². The molecule has 0 aromatic heterocycles. The molecule has 1 atom stereocenters. The molecular formula is C22H25FN2O3S. The highest BCUT2D eigenvalue weighted by Crippen LogP contribution is 2.41. The first-order valence-corrected chi connectivity index (χ1v) is 11.5. The fraction of sp³-hybridized carbons (Fsp3) is 0.409. The van der Waals surface area contributed by atoms with Gasteiger partial charge in [-0.3, -0.25) is 4.79 Å². The largest absolute Gasteiger partial charge is 0.325 e. The van der Waals surface area contributed by atoms with E-state index in [-0.39, 0.29) is 22.7 Å². The summed E-state index contributed by atoms with van der Waals surface area (Å²) in [5, 5.41) is 2.85. The Hall–Kier alpha value is -2.25. The van der Waals surface area contributed by atoms with Gasteiger partial charge in [0.25, 0.3) is 0 Å². The number of anilines is 1. The molecule has 1 aliphatic heterocycles. The number of sulfonamides is 1. The zero-order chi connectivity index (χ0) is 20.6. The number of halogens is 1. The lowest BCUT2D eigenvalue weighted by Gasteiger charge is -2.24. The normalized spacial score (nSPS) is 22.3. The molecule has 0 saturated heterocycles. The first kappa shape index (κ1) is 20.0. The van der Waals surface area contributed by atoms with Gasteiger partial charge < -0.3 is 5.32 Å². The van der Waals surface area contributed by atoms with Crippen molar-refractivity contribution < 1.29 is 17.6 Å². The number of nitrogens with one attached hydrogen (secondary N) is 2. The maximum Gasteiger partial charge on any atom is 0.240 e. The summed E-state index contributed by atoms with van der Waals surface area (Å²) in [6, 6.07) is 10.8. The molecule has 1 amide bonds. The van der Waals surface area contributed by atoms with Gasteiger partial charge in [-0.1, -0.05) is 31.4 Å². The topological polar surface area (TPSA) is 75.3 Å². The van der Waals surface area contributed by atoms with Crippen molar-refractivity contribution in [3.63, 3.8) is 0 Å². The van der Waals surface area contributed by atoms with Crippen LogP contribution in [0.1, 0.15) is 50.2 Å². The average molecular weight is 417 g/mol. The molecular weight excluding hydrogens is 391 g/mol. The van der Waals surface area contributed by atoms with E-state index >= 15 is 0 Å². The summed E-state index contributed by atoms with van der Waals surface area (Å²) in [5.41, 5.74) is 1.16. The summed E-state index contributed by atoms with van der Waals surface area (Å²) >= 11 is 0. The minimum absolute atomic E-state index is 0.0349. The van der Waals surface area contributed by atoms with Gasteiger partial charge in [-0.05, 0) is 67.6 Å². The lowest BCUT2D eigenvalue weighted by atomic mass is 9.78. The predicted molar refractivity (Wildman–Crippen MR) is 110 cm³/mol. The van der Waals surface area contributed by atoms with Crippen LogP contribution in [0.4, 0.5) is 10.1 Å². The van der Waals surface area contributed by atoms with Crippen molar-refractivity contribution in [2.45, 2.75) is 61.8 Å². The number of hydrogen-bond donors (Lipinski definition) is 2. The van der Waals surface area contributed by atoms with Gasteiger partial charge in [-0.15, -0.1) is 0 Å². The van der Waals surface area contributed by atoms with Crippen molar-refractivity contribution in [2.75, 3.05) is 5.32 Å². The molecule has 0 bridgehead atoms. The molecule has 2 aromatic rings. The van der Waals surface area contributed by atoms with Gasteiger partial charge in [0.2, 0.25) is 15.9 Å². The lowest BCUT2D eigenvalue weighted by Crippen LogP contribution is -2.36. The second-order valence-corrected chi connectivity index (χ2v) is 9.97. The maximum atomic E-state index is 13.2. The van der Waals surface area contributed by atoms with E-state index in [1.54, 1.807) is 31.2 Å². The van der Waals surface area contributed by atoms with Crippen LogP contribution in [0.5, 0.6) is 0 Å². The molecule has 2 aliphatic rings. The van der Waals surface area contributed by atoms with E-state index in [1.165, 1.54) is 18.2 Å². The van der Waals surface area contributed by atoms with Crippen LogP contribution in [0.25, 0.3) is 0 Å². The van der Waals surface area contributed by atoms with Crippen molar-refractivity contribution in [1.82, 2.24) is 4.72 Å². The Kier molecular flexibility index (Phi) is 5.21. The minimum Gasteiger partial charge on any atom is -0.325 e. The van der Waals surface area contributed by atoms with Crippen molar-refractivity contribution in [3.05, 3.63) is 59.4 Å². The molecule has 7 heteroatoms. The Morgan fingerprint density at radius 1 is 1.10 bits per heavy atom. The number of rotatable bonds is 5. The SMILES string of the molecule is CC1(Cc2ccc(F)cc2)C(=O)Nc2ccc(S(=O)(=O)NC3CCCCC3)cc21. The lowest BCUT2D eigenvalue weighted by molar-refractivity contribution is -0.120. The molecule has 1 fully saturated rings. The number of carbonyl (C=O) groups excluding carboxylic acids is 1. The number of hydrogen-bond acceptors (Lipinski definition) is 3. The smallest absolute Gasteiger partial charge is 0.240 e. The van der Waals surface area contributed by atoms with Crippen LogP contribution < -0.4 is 10.0 Å². The molecule has 1 aliphatic carbocycles. The second kappa shape index (κ2) is 7.54. The van der Waals surface area contributed by atoms with Crippen molar-refractivity contribution >= 4 is 21.6 Å². The van der Waals surface area contributed by atoms with Crippen molar-refractivity contribution in [3.8, 4) is 0 Å². The summed E-state index contributed by atoms with van der Waals surface area (Å²) < 4.78 is 41.9. The molecule has 0 radical (unpaired) electrons. The Morgan fingerprint density at radius 3 is 2.48 bits per heavy atom. The van der Waals surface area contributed by atoms with Crippen LogP contribution >= 0.6 is 0 Å². The van der Waals surface area contributed by atoms with E-state index in [2.05, 4.69) is 10.0 Å². The average Bonchev–Trinajstić information content (AvgIpc) is 2.94. The van der Waals surface area contributed by atoms with Gasteiger partial charge in [0, 0.05) is 11.7 Å². The van der Waals surface area contributed by atoms with Gasteiger partial charge in [0.05, 0.1) is 10.3 Å². The molecule has 2 N–H and O–H groups in total. The Labute approximate surface area is 170 Å². The summed E-state index contributed by atoms with van der Waals surface area (Å²) in [5.74, 6) is -0.524. The van der Waals surface area contributed by atoms with Gasteiger partial charge >= 0.3 is 0 Å². The first-order chi connectivity index (χ1) is 13.8. The van der Waals surface area contributed by atoms with E-state index < -0.39 is 15.4 Å². The first-order valence-electron chi connectivity index (χ1n) is 10.0. The van der Waals surface area contributed by atoms with Gasteiger partial charge in [-0.2, -0.15) is 0 Å². The molecule has 1 heterocycles. The van der Waals surface area contributed by atoms with Crippen molar-refractivity contribution in [2.24, 2.45) is 0 Å². The third kappa shape index (κ3) is 3.94. The second-order valence-electron chi connectivity index (χ2n) is 8.25. The zero-order valence-corrected chi connectivity index (χ0v) is 17.2. The summed E-state index contributed by atoms with van der Waals surface area (Å²) in [6.45, 7) is 1.79. The van der Waals surface area contributed by atoms with Crippen LogP contribution in [0.15, 0.2) is 47.4 Å². The molecule has 4 rings (SSSR count). The third-order valence-corrected chi connectivity index (χ3v) is 7.56. The number of fused-ring (bicyclic) bond motifs is 1. The zero-order valence-electron chi connectivity index (χ0n) is 16.4. The Morgan fingerprint density at radius 2 is 1.79 bits per heavy atom. The van der Waals surface area contributed by atoms with E-state index in [4.69, 9.17) is 0 Å². The molecule has 2 aromatic carbocycles. The van der Waals surface area contributed by atoms with Gasteiger partial charge in [0.15, 0.2) is 0 Å². The molecule has 5 nitrogen and oxygen atoms in total. The highest BCUT2D eigenvalue weighted by molar-refractivity contribution is 7.89. The maximum absolute atomic E-state index is 13.2. The number of benzene rings is 2. The quantitative estimate of drug-likeness (QED) is 0.777. The van der Waals surface area contributed by atoms with Crippen LogP contribution in [0, 0.1) is 5.82 Å². The van der Waals surface area contributed by atoms with E-state index in [0.29, 0.717) is 17.7 Å².